The zero-order valence-corrected chi connectivity index (χ0v) is 58.7. The molecule has 5 heterocycles. The Labute approximate surface area is 589 Å². The number of methoxy groups -OCH3 is 1. The van der Waals surface area contributed by atoms with Gasteiger partial charge < -0.3 is 77.5 Å². The van der Waals surface area contributed by atoms with Crippen LogP contribution < -0.4 is 57.9 Å². The number of halogens is 3. The van der Waals surface area contributed by atoms with Crippen molar-refractivity contribution in [1.82, 2.24) is 68.0 Å². The Bertz CT molecular complexity index is 4010. The molecule has 102 heavy (non-hydrogen) atoms. The quantitative estimate of drug-likeness (QED) is 0.0827. The molecule has 0 radical (unpaired) electrons. The van der Waals surface area contributed by atoms with Gasteiger partial charge in [0.2, 0.25) is 59.1 Å². The van der Waals surface area contributed by atoms with Crippen molar-refractivity contribution in [1.29, 1.82) is 0 Å². The number of hydrogen-bond donors (Lipinski definition) is 12. The highest BCUT2D eigenvalue weighted by Crippen LogP contribution is 2.28. The van der Waals surface area contributed by atoms with Gasteiger partial charge in [0.05, 0.1) is 37.9 Å². The first kappa shape index (κ1) is 77.6. The van der Waals surface area contributed by atoms with E-state index >= 15 is 23.2 Å². The van der Waals surface area contributed by atoms with Crippen molar-refractivity contribution in [2.24, 2.45) is 5.92 Å². The summed E-state index contributed by atoms with van der Waals surface area (Å²) in [5.41, 5.74) is 2.76. The summed E-state index contributed by atoms with van der Waals surface area (Å²) in [6.07, 6.45) is -0.658. The molecule has 4 aromatic carbocycles. The minimum Gasteiger partial charge on any atom is -0.497 e. The molecule has 0 spiro atoms. The Morgan fingerprint density at radius 2 is 1.24 bits per heavy atom. The maximum absolute atomic E-state index is 16.2. The third-order valence-corrected chi connectivity index (χ3v) is 17.9. The van der Waals surface area contributed by atoms with Crippen LogP contribution in [0, 0.1) is 17.6 Å². The average molecular weight is 1420 g/mol. The molecule has 3 aliphatic rings. The van der Waals surface area contributed by atoms with Crippen LogP contribution in [0.25, 0.3) is 21.8 Å². The van der Waals surface area contributed by atoms with E-state index in [0.29, 0.717) is 51.6 Å². The molecule has 10 amide bonds. The third kappa shape index (κ3) is 21.9. The fourth-order valence-electron chi connectivity index (χ4n) is 12.4. The standard InChI is InChI=1S/C73H92F3N13O13/c1-39-11-10-25-78-68(96)59(28-45-16-20-52(101-9)21-17-45)86-71(99)64(42(4)102-73(6,7)8)88-70(98)62-33-51(76)38-89(62)72(100)61(30-48-36-80-56-23-19-50(75)32-54(48)56)87-69(97)60(29-47-35-79-55-22-18-49(74)31-53(47)55)85-66(94)40(2)82-63(92)37-81-67(95)57(83-43(5)91)24-26-77-34-46-14-12-44(13-15-46)27-58(41(3)90)84-65(39)93/h12-23,31-32,35-36,39-40,42,51,57-62,64,77,79-80H,10-11,24-30,33-34,37-38H2,1-9H3,(H,78,96)(H,81,95)(H,82,92)(H,83,91)(H,84,93)(H,85,94)(H,86,99)(H,87,97)(H,88,98)/t39-,40-,42-,51+,57+,58+,59+,60+,61+,62+,64+/m1/s1. The summed E-state index contributed by atoms with van der Waals surface area (Å²) in [5.74, 6) is -9.66. The lowest BCUT2D eigenvalue weighted by atomic mass is 9.99. The molecule has 26 nitrogen and oxygen atoms in total. The monoisotopic (exact) mass is 1420 g/mol. The highest BCUT2D eigenvalue weighted by molar-refractivity contribution is 5.99. The summed E-state index contributed by atoms with van der Waals surface area (Å²) >= 11 is 0. The van der Waals surface area contributed by atoms with Crippen molar-refractivity contribution in [3.63, 3.8) is 0 Å². The lowest BCUT2D eigenvalue weighted by Gasteiger charge is -2.34. The van der Waals surface area contributed by atoms with Crippen molar-refractivity contribution in [3.8, 4) is 5.75 Å². The van der Waals surface area contributed by atoms with E-state index in [1.807, 2.05) is 24.3 Å². The number of H-pyrrole nitrogens is 2. The predicted molar refractivity (Wildman–Crippen MR) is 372 cm³/mol. The highest BCUT2D eigenvalue weighted by Gasteiger charge is 2.45. The van der Waals surface area contributed by atoms with Crippen LogP contribution in [-0.4, -0.2) is 179 Å². The highest BCUT2D eigenvalue weighted by atomic mass is 19.1. The van der Waals surface area contributed by atoms with E-state index in [9.17, 15) is 42.7 Å². The fraction of sp³-hybridized carbons (Fsp3) is 0.466. The summed E-state index contributed by atoms with van der Waals surface area (Å²) in [6, 6.07) is 10.5. The largest absolute Gasteiger partial charge is 0.497 e. The first-order valence-electron chi connectivity index (χ1n) is 34.1. The summed E-state index contributed by atoms with van der Waals surface area (Å²) < 4.78 is 57.8. The van der Waals surface area contributed by atoms with E-state index in [2.05, 4.69) is 63.1 Å². The second-order valence-electron chi connectivity index (χ2n) is 27.2. The zero-order valence-electron chi connectivity index (χ0n) is 58.7. The number of alkyl halides is 1. The zero-order chi connectivity index (χ0) is 74.1. The van der Waals surface area contributed by atoms with Gasteiger partial charge in [0, 0.05) is 85.8 Å². The van der Waals surface area contributed by atoms with Crippen LogP contribution in [0.15, 0.2) is 97.3 Å². The second-order valence-corrected chi connectivity index (χ2v) is 27.2. The Morgan fingerprint density at radius 3 is 1.84 bits per heavy atom. The van der Waals surface area contributed by atoms with Crippen LogP contribution in [0.5, 0.6) is 5.75 Å². The van der Waals surface area contributed by atoms with Gasteiger partial charge in [-0.3, -0.25) is 52.7 Å². The number of nitrogens with one attached hydrogen (secondary N) is 12. The van der Waals surface area contributed by atoms with Crippen LogP contribution in [0.4, 0.5) is 13.2 Å². The van der Waals surface area contributed by atoms with Gasteiger partial charge >= 0.3 is 0 Å². The Hall–Kier alpha value is -10.2. The van der Waals surface area contributed by atoms with Gasteiger partial charge in [-0.1, -0.05) is 43.3 Å². The molecule has 6 aromatic rings. The molecule has 1 fully saturated rings. The molecule has 0 unspecified atom stereocenters. The van der Waals surface area contributed by atoms with Crippen LogP contribution in [0.1, 0.15) is 109 Å². The van der Waals surface area contributed by atoms with Crippen molar-refractivity contribution < 1.29 is 75.4 Å². The van der Waals surface area contributed by atoms with Crippen LogP contribution in [0.3, 0.4) is 0 Å². The minimum atomic E-state index is -1.84. The maximum atomic E-state index is 16.2. The van der Waals surface area contributed by atoms with Gasteiger partial charge in [-0.15, -0.1) is 0 Å². The number of hydrogen-bond acceptors (Lipinski definition) is 14. The number of carbonyl (C=O) groups excluding carboxylic acids is 11. The van der Waals surface area contributed by atoms with Gasteiger partial charge in [0.15, 0.2) is 5.78 Å². The van der Waals surface area contributed by atoms with Crippen molar-refractivity contribution in [2.45, 2.75) is 180 Å². The number of nitrogens with zero attached hydrogens (tertiary/aromatic N) is 1. The van der Waals surface area contributed by atoms with E-state index in [1.54, 1.807) is 52.0 Å². The maximum Gasteiger partial charge on any atom is 0.246 e. The average Bonchev–Trinajstić information content (AvgIpc) is 1.63. The molecular formula is C73H92F3N13O13. The lowest BCUT2D eigenvalue weighted by molar-refractivity contribution is -0.145. The van der Waals surface area contributed by atoms with Gasteiger partial charge in [0.1, 0.15) is 65.8 Å². The first-order valence-corrected chi connectivity index (χ1v) is 34.1. The van der Waals surface area contributed by atoms with Crippen molar-refractivity contribution >= 4 is 86.7 Å². The number of ketones is 1. The molecule has 548 valence electrons. The fourth-order valence-corrected chi connectivity index (χ4v) is 12.4. The molecule has 11 atom stereocenters. The first-order chi connectivity index (χ1) is 48.4. The van der Waals surface area contributed by atoms with Crippen molar-refractivity contribution in [2.75, 3.05) is 33.3 Å². The van der Waals surface area contributed by atoms with Crippen LogP contribution in [0.2, 0.25) is 0 Å². The number of Topliss-reactive ketones (excluding diaryl/α,β-unsaturated/α-hetero) is 1. The van der Waals surface area contributed by atoms with Crippen molar-refractivity contribution in [3.05, 3.63) is 137 Å². The smallest absolute Gasteiger partial charge is 0.246 e. The number of rotatable bonds is 11. The van der Waals surface area contributed by atoms with Crippen LogP contribution >= 0.6 is 0 Å². The number of benzene rings is 4. The Kier molecular flexibility index (Phi) is 27.0. The molecule has 9 rings (SSSR count). The predicted octanol–water partition coefficient (Wildman–Crippen LogP) is 3.51. The molecular weight excluding hydrogens is 1320 g/mol. The van der Waals surface area contributed by atoms with Gasteiger partial charge in [-0.2, -0.15) is 0 Å². The number of carbonyl (C=O) groups is 11. The normalized spacial score (nSPS) is 24.0. The SMILES string of the molecule is COc1ccc(C[C@@H]2NC(=O)[C@H]([C@@H](C)OC(C)(C)C)NC(=O)[C@@H]3C[C@H](F)CN3C(=O)[C@H](Cc3c[nH]c4ccc(F)cc34)NC(=O)[C@H](Cc3c[nH]c4ccc(F)cc34)NC(=O)[C@@H](C)NC(=O)CNC(=O)[C@@H](NC(C)=O)CCNCc3ccc(cc3)C[C@@H](C(C)=O)NC(=O)[C@H](C)CCCNC2=O)cc1. The van der Waals surface area contributed by atoms with E-state index in [4.69, 9.17) is 9.47 Å². The topological polar surface area (TPSA) is 361 Å². The van der Waals surface area contributed by atoms with Gasteiger partial charge in [-0.25, -0.2) is 13.2 Å². The molecule has 2 aromatic heterocycles. The van der Waals surface area contributed by atoms with Gasteiger partial charge in [0.25, 0.3) is 0 Å². The second kappa shape index (κ2) is 35.4. The van der Waals surface area contributed by atoms with E-state index in [1.165, 1.54) is 83.6 Å². The molecule has 1 saturated heterocycles. The van der Waals surface area contributed by atoms with E-state index < -0.39 is 169 Å². The summed E-state index contributed by atoms with van der Waals surface area (Å²) in [7, 11) is 1.49. The molecule has 12 N–H and O–H groups in total. The number of ether oxygens (including phenoxy) is 2. The lowest BCUT2D eigenvalue weighted by Crippen LogP contribution is -2.62. The van der Waals surface area contributed by atoms with E-state index in [-0.39, 0.29) is 56.5 Å². The summed E-state index contributed by atoms with van der Waals surface area (Å²) in [6.45, 7) is 11.5. The van der Waals surface area contributed by atoms with E-state index in [0.717, 1.165) is 16.0 Å². The molecule has 0 aliphatic carbocycles. The minimum absolute atomic E-state index is 0.0474. The molecule has 3 aliphatic heterocycles. The number of aromatic amines is 2. The third-order valence-electron chi connectivity index (χ3n) is 17.9. The Morgan fingerprint density at radius 1 is 0.637 bits per heavy atom. The van der Waals surface area contributed by atoms with Crippen LogP contribution in [-0.2, 0) is 89.7 Å². The molecule has 29 heteroatoms. The molecule has 2 bridgehead atoms. The summed E-state index contributed by atoms with van der Waals surface area (Å²) in [4.78, 5) is 162. The van der Waals surface area contributed by atoms with Gasteiger partial charge in [-0.05, 0) is 150 Å². The molecule has 0 saturated carbocycles. The summed E-state index contributed by atoms with van der Waals surface area (Å²) in [5, 5.41) is 28.0. The number of amides is 10. The Balaban J connectivity index is 1.12. The number of aromatic nitrogens is 2. The number of fused-ring (bicyclic) bond motifs is 36.